The fraction of sp³-hybridized carbons (Fsp3) is 0.571. The number of hydrogen-bond donors (Lipinski definition) is 1. The summed E-state index contributed by atoms with van der Waals surface area (Å²) in [5.41, 5.74) is 5.71. The Kier molecular flexibility index (Phi) is 2.48. The van der Waals surface area contributed by atoms with E-state index >= 15 is 0 Å². The molecule has 1 aliphatic rings. The summed E-state index contributed by atoms with van der Waals surface area (Å²) in [6.45, 7) is 2.64. The van der Waals surface area contributed by atoms with E-state index < -0.39 is 5.97 Å². The third-order valence-corrected chi connectivity index (χ3v) is 1.24. The second-order valence-corrected chi connectivity index (χ2v) is 2.48. The van der Waals surface area contributed by atoms with Crippen LogP contribution >= 0.6 is 0 Å². The largest absolute Gasteiger partial charge is 0.454 e. The Morgan fingerprint density at radius 2 is 2.36 bits per heavy atom. The molecule has 0 unspecified atom stereocenters. The summed E-state index contributed by atoms with van der Waals surface area (Å²) < 4.78 is 9.69. The van der Waals surface area contributed by atoms with E-state index in [4.69, 9.17) is 15.2 Å². The van der Waals surface area contributed by atoms with Crippen LogP contribution in [0.15, 0.2) is 11.8 Å². The Labute approximate surface area is 65.0 Å². The summed E-state index contributed by atoms with van der Waals surface area (Å²) in [4.78, 5) is 10.8. The molecule has 1 heterocycles. The van der Waals surface area contributed by atoms with Crippen LogP contribution in [0.2, 0.25) is 0 Å². The van der Waals surface area contributed by atoms with Crippen molar-refractivity contribution in [2.24, 2.45) is 5.73 Å². The highest BCUT2D eigenvalue weighted by Gasteiger charge is 2.21. The number of esters is 1. The van der Waals surface area contributed by atoms with Crippen LogP contribution in [0.3, 0.4) is 0 Å². The van der Waals surface area contributed by atoms with Gasteiger partial charge in [0, 0.05) is 11.8 Å². The molecule has 0 spiro atoms. The molecule has 0 amide bonds. The molecule has 4 nitrogen and oxygen atoms in total. The minimum atomic E-state index is -0.390. The van der Waals surface area contributed by atoms with Gasteiger partial charge in [-0.2, -0.15) is 0 Å². The lowest BCUT2D eigenvalue weighted by Crippen LogP contribution is -2.37. The molecule has 4 heteroatoms. The molecule has 1 rings (SSSR count). The maximum atomic E-state index is 10.8. The van der Waals surface area contributed by atoms with Crippen LogP contribution in [-0.2, 0) is 14.3 Å². The predicted molar refractivity (Wildman–Crippen MR) is 38.6 cm³/mol. The zero-order chi connectivity index (χ0) is 8.27. The molecule has 0 radical (unpaired) electrons. The van der Waals surface area contributed by atoms with E-state index in [1.54, 1.807) is 6.92 Å². The monoisotopic (exact) mass is 157 g/mol. The number of allylic oxidation sites excluding steroid dienone is 1. The number of carbonyl (C=O) groups is 1. The summed E-state index contributed by atoms with van der Waals surface area (Å²) >= 11 is 0. The molecule has 1 fully saturated rings. The summed E-state index contributed by atoms with van der Waals surface area (Å²) in [5, 5.41) is 0. The molecule has 62 valence electrons. The van der Waals surface area contributed by atoms with Crippen molar-refractivity contribution in [3.63, 3.8) is 0 Å². The van der Waals surface area contributed by atoms with Gasteiger partial charge in [0.05, 0.1) is 13.2 Å². The second-order valence-electron chi connectivity index (χ2n) is 2.48. The molecule has 1 saturated heterocycles. The van der Waals surface area contributed by atoms with Gasteiger partial charge in [-0.15, -0.1) is 0 Å². The van der Waals surface area contributed by atoms with Gasteiger partial charge in [-0.1, -0.05) is 0 Å². The molecular formula is C7H11NO3. The van der Waals surface area contributed by atoms with Gasteiger partial charge < -0.3 is 15.2 Å². The predicted octanol–water partition coefficient (Wildman–Crippen LogP) is -0.209. The van der Waals surface area contributed by atoms with Crippen LogP contribution in [0.4, 0.5) is 0 Å². The van der Waals surface area contributed by atoms with Crippen molar-refractivity contribution in [2.45, 2.75) is 13.0 Å². The van der Waals surface area contributed by atoms with Crippen molar-refractivity contribution in [2.75, 3.05) is 13.2 Å². The van der Waals surface area contributed by atoms with Gasteiger partial charge in [-0.3, -0.25) is 0 Å². The fourth-order valence-corrected chi connectivity index (χ4v) is 0.666. The van der Waals surface area contributed by atoms with E-state index in [0.29, 0.717) is 18.9 Å². The first kappa shape index (κ1) is 8.07. The van der Waals surface area contributed by atoms with Gasteiger partial charge in [0.25, 0.3) is 0 Å². The summed E-state index contributed by atoms with van der Waals surface area (Å²) in [6.07, 6.45) is 1.19. The SMILES string of the molecule is C/C(N)=C/C(=O)OC1COC1. The van der Waals surface area contributed by atoms with Gasteiger partial charge in [0.1, 0.15) is 6.10 Å². The van der Waals surface area contributed by atoms with Crippen LogP contribution in [0, 0.1) is 0 Å². The van der Waals surface area contributed by atoms with Crippen molar-refractivity contribution in [3.8, 4) is 0 Å². The fourth-order valence-electron chi connectivity index (χ4n) is 0.666. The van der Waals surface area contributed by atoms with Crippen LogP contribution < -0.4 is 5.73 Å². The highest BCUT2D eigenvalue weighted by atomic mass is 16.6. The van der Waals surface area contributed by atoms with Crippen molar-refractivity contribution >= 4 is 5.97 Å². The smallest absolute Gasteiger partial charge is 0.332 e. The number of nitrogens with two attached hydrogens (primary N) is 1. The molecule has 1 aliphatic heterocycles. The van der Waals surface area contributed by atoms with Gasteiger partial charge >= 0.3 is 5.97 Å². The van der Waals surface area contributed by atoms with Crippen molar-refractivity contribution < 1.29 is 14.3 Å². The molecule has 0 aromatic rings. The van der Waals surface area contributed by atoms with Gasteiger partial charge in [-0.05, 0) is 6.92 Å². The van der Waals surface area contributed by atoms with Crippen LogP contribution in [0.1, 0.15) is 6.92 Å². The molecule has 0 atom stereocenters. The van der Waals surface area contributed by atoms with E-state index in [9.17, 15) is 4.79 Å². The maximum Gasteiger partial charge on any atom is 0.332 e. The molecule has 0 saturated carbocycles. The second kappa shape index (κ2) is 3.39. The summed E-state index contributed by atoms with van der Waals surface area (Å²) in [6, 6.07) is 0. The zero-order valence-corrected chi connectivity index (χ0v) is 6.37. The summed E-state index contributed by atoms with van der Waals surface area (Å²) in [5.74, 6) is -0.390. The Morgan fingerprint density at radius 3 is 2.73 bits per heavy atom. The average Bonchev–Trinajstić information content (AvgIpc) is 1.77. The zero-order valence-electron chi connectivity index (χ0n) is 6.37. The third-order valence-electron chi connectivity index (χ3n) is 1.24. The van der Waals surface area contributed by atoms with E-state index in [-0.39, 0.29) is 6.10 Å². The average molecular weight is 157 g/mol. The highest BCUT2D eigenvalue weighted by Crippen LogP contribution is 2.05. The number of rotatable bonds is 2. The quantitative estimate of drug-likeness (QED) is 0.445. The van der Waals surface area contributed by atoms with Crippen LogP contribution in [0.25, 0.3) is 0 Å². The van der Waals surface area contributed by atoms with Gasteiger partial charge in [0.2, 0.25) is 0 Å². The van der Waals surface area contributed by atoms with Crippen molar-refractivity contribution in [1.82, 2.24) is 0 Å². The van der Waals surface area contributed by atoms with Crippen LogP contribution in [-0.4, -0.2) is 25.3 Å². The van der Waals surface area contributed by atoms with Crippen molar-refractivity contribution in [3.05, 3.63) is 11.8 Å². The van der Waals surface area contributed by atoms with E-state index in [0.717, 1.165) is 0 Å². The third kappa shape index (κ3) is 2.59. The number of hydrogen-bond acceptors (Lipinski definition) is 4. The number of carbonyl (C=O) groups excluding carboxylic acids is 1. The number of ether oxygens (including phenoxy) is 2. The lowest BCUT2D eigenvalue weighted by Gasteiger charge is -2.24. The Hall–Kier alpha value is -1.03. The molecule has 0 bridgehead atoms. The van der Waals surface area contributed by atoms with Crippen molar-refractivity contribution in [1.29, 1.82) is 0 Å². The first-order valence-corrected chi connectivity index (χ1v) is 3.40. The van der Waals surface area contributed by atoms with Gasteiger partial charge in [-0.25, -0.2) is 4.79 Å². The normalized spacial score (nSPS) is 19.2. The van der Waals surface area contributed by atoms with Crippen LogP contribution in [0.5, 0.6) is 0 Å². The first-order chi connectivity index (χ1) is 5.18. The standard InChI is InChI=1S/C7H11NO3/c1-5(8)2-7(9)11-6-3-10-4-6/h2,6H,3-4,8H2,1H3/b5-2-. The summed E-state index contributed by atoms with van der Waals surface area (Å²) in [7, 11) is 0. The molecule has 0 aliphatic carbocycles. The van der Waals surface area contributed by atoms with E-state index in [2.05, 4.69) is 0 Å². The lowest BCUT2D eigenvalue weighted by atomic mass is 10.3. The van der Waals surface area contributed by atoms with E-state index in [1.807, 2.05) is 0 Å². The molecular weight excluding hydrogens is 146 g/mol. The molecule has 2 N–H and O–H groups in total. The lowest BCUT2D eigenvalue weighted by molar-refractivity contribution is -0.166. The molecule has 11 heavy (non-hydrogen) atoms. The highest BCUT2D eigenvalue weighted by molar-refractivity contribution is 5.82. The first-order valence-electron chi connectivity index (χ1n) is 3.40. The Morgan fingerprint density at radius 1 is 1.73 bits per heavy atom. The molecule has 0 aromatic carbocycles. The molecule has 0 aromatic heterocycles. The van der Waals surface area contributed by atoms with Gasteiger partial charge in [0.15, 0.2) is 0 Å². The Balaban J connectivity index is 2.25. The topological polar surface area (TPSA) is 61.6 Å². The minimum absolute atomic E-state index is 0.0712. The Bertz CT molecular complexity index is 180. The minimum Gasteiger partial charge on any atom is -0.454 e. The van der Waals surface area contributed by atoms with E-state index in [1.165, 1.54) is 6.08 Å². The maximum absolute atomic E-state index is 10.8.